The molecule has 2 N–H and O–H groups in total. The predicted octanol–water partition coefficient (Wildman–Crippen LogP) is 7.53. The van der Waals surface area contributed by atoms with E-state index in [0.29, 0.717) is 27.6 Å². The van der Waals surface area contributed by atoms with Crippen LogP contribution >= 0.6 is 0 Å². The molecule has 0 aromatic carbocycles. The van der Waals surface area contributed by atoms with Crippen LogP contribution in [-0.2, 0) is 0 Å². The van der Waals surface area contributed by atoms with Gasteiger partial charge in [-0.2, -0.15) is 0 Å². The molecular weight excluding hydrogens is 404 g/mol. The average Bonchev–Trinajstić information content (AvgIpc) is 3.07. The van der Waals surface area contributed by atoms with Crippen LogP contribution < -0.4 is 0 Å². The molecule has 2 heteroatoms. The third kappa shape index (κ3) is 3.04. The molecule has 2 nitrogen and oxygen atoms in total. The Bertz CT molecular complexity index is 825. The lowest BCUT2D eigenvalue weighted by molar-refractivity contribution is -0.247. The van der Waals surface area contributed by atoms with Gasteiger partial charge < -0.3 is 10.2 Å². The van der Waals surface area contributed by atoms with E-state index in [4.69, 9.17) is 0 Å². The lowest BCUT2D eigenvalue weighted by Gasteiger charge is -2.72. The molecule has 0 radical (unpaired) electrons. The third-order valence-corrected chi connectivity index (χ3v) is 13.7. The largest absolute Gasteiger partial charge is 0.387 e. The van der Waals surface area contributed by atoms with Crippen molar-refractivity contribution < 1.29 is 10.2 Å². The van der Waals surface area contributed by atoms with Crippen LogP contribution in [0.5, 0.6) is 0 Å². The topological polar surface area (TPSA) is 40.5 Å². The molecule has 0 heterocycles. The summed E-state index contributed by atoms with van der Waals surface area (Å²) < 4.78 is 0. The van der Waals surface area contributed by atoms with Crippen LogP contribution in [0.3, 0.4) is 0 Å². The second kappa shape index (κ2) is 7.12. The number of fused-ring (bicyclic) bond motifs is 7. The number of hydrogen-bond acceptors (Lipinski definition) is 2. The molecule has 0 bridgehead atoms. The molecule has 0 amide bonds. The van der Waals surface area contributed by atoms with Crippen LogP contribution in [0, 0.1) is 51.2 Å². The summed E-state index contributed by atoms with van der Waals surface area (Å²) in [5, 5.41) is 22.2. The Labute approximate surface area is 204 Å². The van der Waals surface area contributed by atoms with Crippen LogP contribution in [-0.4, -0.2) is 21.4 Å². The Morgan fingerprint density at radius 2 is 1.55 bits per heavy atom. The van der Waals surface area contributed by atoms with Gasteiger partial charge in [0, 0.05) is 0 Å². The molecule has 5 aliphatic carbocycles. The lowest BCUT2D eigenvalue weighted by atomic mass is 9.33. The first-order chi connectivity index (χ1) is 15.1. The molecule has 5 rings (SSSR count). The van der Waals surface area contributed by atoms with E-state index < -0.39 is 11.2 Å². The zero-order valence-electron chi connectivity index (χ0n) is 22.8. The molecular formula is C31H52O2. The van der Waals surface area contributed by atoms with Gasteiger partial charge in [0.05, 0.1) is 11.2 Å². The van der Waals surface area contributed by atoms with Crippen molar-refractivity contribution in [3.05, 3.63) is 12.2 Å². The molecule has 5 aliphatic rings. The highest BCUT2D eigenvalue weighted by atomic mass is 16.4. The zero-order valence-corrected chi connectivity index (χ0v) is 22.8. The first-order valence-electron chi connectivity index (χ1n) is 14.2. The van der Waals surface area contributed by atoms with Crippen molar-refractivity contribution in [1.82, 2.24) is 0 Å². The summed E-state index contributed by atoms with van der Waals surface area (Å²) in [5.41, 5.74) is 1.10. The predicted molar refractivity (Wildman–Crippen MR) is 137 cm³/mol. The molecule has 10 atom stereocenters. The van der Waals surface area contributed by atoms with Gasteiger partial charge in [0.15, 0.2) is 0 Å². The summed E-state index contributed by atoms with van der Waals surface area (Å²) in [4.78, 5) is 0. The lowest BCUT2D eigenvalue weighted by Crippen LogP contribution is -2.66. The minimum Gasteiger partial charge on any atom is -0.387 e. The Hall–Kier alpha value is -0.340. The maximum atomic E-state index is 11.4. The summed E-state index contributed by atoms with van der Waals surface area (Å²) >= 11 is 0. The van der Waals surface area contributed by atoms with Gasteiger partial charge >= 0.3 is 0 Å². The van der Waals surface area contributed by atoms with E-state index in [-0.39, 0.29) is 0 Å². The van der Waals surface area contributed by atoms with Crippen LogP contribution in [0.1, 0.15) is 119 Å². The fraction of sp³-hybridized carbons (Fsp3) is 0.935. The zero-order chi connectivity index (χ0) is 24.2. The normalized spacial score (nSPS) is 56.3. The van der Waals surface area contributed by atoms with Crippen molar-refractivity contribution >= 4 is 0 Å². The van der Waals surface area contributed by atoms with Gasteiger partial charge in [-0.3, -0.25) is 0 Å². The van der Waals surface area contributed by atoms with Crippen molar-refractivity contribution in [2.24, 2.45) is 51.2 Å². The molecule has 188 valence electrons. The third-order valence-electron chi connectivity index (χ3n) is 13.7. The van der Waals surface area contributed by atoms with Gasteiger partial charge in [-0.05, 0) is 143 Å². The maximum Gasteiger partial charge on any atom is 0.0930 e. The Morgan fingerprint density at radius 1 is 0.848 bits per heavy atom. The van der Waals surface area contributed by atoms with E-state index in [0.717, 1.165) is 42.9 Å². The van der Waals surface area contributed by atoms with Crippen LogP contribution in [0.4, 0.5) is 0 Å². The maximum absolute atomic E-state index is 11.4. The van der Waals surface area contributed by atoms with Gasteiger partial charge in [0.1, 0.15) is 0 Å². The van der Waals surface area contributed by atoms with Crippen LogP contribution in [0.25, 0.3) is 0 Å². The Morgan fingerprint density at radius 3 is 2.18 bits per heavy atom. The summed E-state index contributed by atoms with van der Waals surface area (Å²) in [6.07, 6.45) is 13.4. The molecule has 5 saturated carbocycles. The fourth-order valence-electron chi connectivity index (χ4n) is 11.2. The van der Waals surface area contributed by atoms with Gasteiger partial charge in [0.25, 0.3) is 0 Å². The van der Waals surface area contributed by atoms with Crippen molar-refractivity contribution in [3.63, 3.8) is 0 Å². The van der Waals surface area contributed by atoms with Crippen molar-refractivity contribution in [2.75, 3.05) is 0 Å². The molecule has 0 spiro atoms. The number of rotatable bonds is 2. The highest BCUT2D eigenvalue weighted by Crippen LogP contribution is 2.76. The summed E-state index contributed by atoms with van der Waals surface area (Å²) in [6, 6.07) is 0. The monoisotopic (exact) mass is 456 g/mol. The summed E-state index contributed by atoms with van der Waals surface area (Å²) in [7, 11) is 0. The van der Waals surface area contributed by atoms with Crippen molar-refractivity contribution in [3.8, 4) is 0 Å². The molecule has 0 saturated heterocycles. The van der Waals surface area contributed by atoms with E-state index in [1.165, 1.54) is 56.9 Å². The standard InChI is InChI=1S/C31H52O2/c1-20(2)22-12-13-27(5)15-17-29(7)23(25(22)27)9-10-24-28(6)16-18-31(33,26(3,4)32)19-21(28)11-14-30(24,29)8/h21-25,32-33H,1,9-19H2,2-8H3/t21-,22-,23-,24+,25-,27-,28+,29-,30-,31+/m0/s1. The summed E-state index contributed by atoms with van der Waals surface area (Å²) in [5.74, 6) is 3.65. The second-order valence-electron chi connectivity index (χ2n) is 15.3. The van der Waals surface area contributed by atoms with Gasteiger partial charge in [-0.25, -0.2) is 0 Å². The highest BCUT2D eigenvalue weighted by Gasteiger charge is 2.69. The molecule has 0 aromatic heterocycles. The second-order valence-corrected chi connectivity index (χ2v) is 15.3. The number of allylic oxidation sites excluding steroid dienone is 1. The van der Waals surface area contributed by atoms with Crippen molar-refractivity contribution in [1.29, 1.82) is 0 Å². The molecule has 0 unspecified atom stereocenters. The number of aliphatic hydroxyl groups is 2. The molecule has 0 aromatic rings. The minimum atomic E-state index is -1.02. The van der Waals surface area contributed by atoms with E-state index in [9.17, 15) is 10.2 Å². The first-order valence-corrected chi connectivity index (χ1v) is 14.2. The first kappa shape index (κ1) is 24.4. The van der Waals surface area contributed by atoms with Crippen molar-refractivity contribution in [2.45, 2.75) is 130 Å². The van der Waals surface area contributed by atoms with E-state index in [1.54, 1.807) is 0 Å². The quantitative estimate of drug-likeness (QED) is 0.422. The van der Waals surface area contributed by atoms with Crippen LogP contribution in [0.15, 0.2) is 12.2 Å². The van der Waals surface area contributed by atoms with E-state index in [2.05, 4.69) is 41.2 Å². The smallest absolute Gasteiger partial charge is 0.0930 e. The molecule has 0 aliphatic heterocycles. The average molecular weight is 457 g/mol. The Kier molecular flexibility index (Phi) is 5.25. The highest BCUT2D eigenvalue weighted by molar-refractivity contribution is 5.20. The summed E-state index contributed by atoms with van der Waals surface area (Å²) in [6.45, 7) is 21.0. The van der Waals surface area contributed by atoms with Crippen LogP contribution in [0.2, 0.25) is 0 Å². The van der Waals surface area contributed by atoms with E-state index >= 15 is 0 Å². The molecule has 5 fully saturated rings. The van der Waals surface area contributed by atoms with E-state index in [1.807, 2.05) is 13.8 Å². The molecule has 33 heavy (non-hydrogen) atoms. The Balaban J connectivity index is 1.49. The SMILES string of the molecule is C=C(C)[C@@H]1CC[C@@]2(C)CC[C@@]3(C)[C@@H](CC[C@@H]4[C@]5(C)CC[C@](O)(C(C)(C)O)C[C@@H]5CC[C@@]43C)[C@H]12. The van der Waals surface area contributed by atoms with Gasteiger partial charge in [-0.15, -0.1) is 0 Å². The van der Waals surface area contributed by atoms with Gasteiger partial charge in [-0.1, -0.05) is 39.8 Å². The van der Waals surface area contributed by atoms with Gasteiger partial charge in [0.2, 0.25) is 0 Å². The minimum absolute atomic E-state index is 0.294. The number of hydrogen-bond donors (Lipinski definition) is 2. The fourth-order valence-corrected chi connectivity index (χ4v) is 11.2.